The van der Waals surface area contributed by atoms with Gasteiger partial charge in [0.15, 0.2) is 5.82 Å². The van der Waals surface area contributed by atoms with Gasteiger partial charge in [-0.25, -0.2) is 9.78 Å². The zero-order valence-corrected chi connectivity index (χ0v) is 13.3. The molecular formula is C16H21N5O2. The standard InChI is InChI=1S/C16H21N5O2/c1-21-10-17-15(20-21)11-5-3-6-12(9-11)18-16(22)19-13-7-4-8-14(13)23-2/h3,5-6,9-10,13-14H,4,7-8H2,1-2H3,(H2,18,19,22). The van der Waals surface area contributed by atoms with E-state index in [0.717, 1.165) is 24.8 Å². The van der Waals surface area contributed by atoms with Crippen molar-refractivity contribution < 1.29 is 9.53 Å². The van der Waals surface area contributed by atoms with E-state index in [4.69, 9.17) is 4.74 Å². The lowest BCUT2D eigenvalue weighted by atomic mass is 10.2. The first-order valence-electron chi connectivity index (χ1n) is 7.72. The number of anilines is 1. The van der Waals surface area contributed by atoms with Gasteiger partial charge in [0, 0.05) is 25.4 Å². The van der Waals surface area contributed by atoms with Crippen LogP contribution in [0.4, 0.5) is 10.5 Å². The van der Waals surface area contributed by atoms with Crippen LogP contribution >= 0.6 is 0 Å². The molecule has 1 heterocycles. The summed E-state index contributed by atoms with van der Waals surface area (Å²) in [5.74, 6) is 0.631. The number of aryl methyl sites for hydroxylation is 1. The molecule has 2 aromatic rings. The average molecular weight is 315 g/mol. The molecule has 122 valence electrons. The Labute approximate surface area is 135 Å². The number of amides is 2. The van der Waals surface area contributed by atoms with Crippen LogP contribution in [0.15, 0.2) is 30.6 Å². The van der Waals surface area contributed by atoms with E-state index in [1.165, 1.54) is 0 Å². The average Bonchev–Trinajstić information content (AvgIpc) is 3.16. The monoisotopic (exact) mass is 315 g/mol. The van der Waals surface area contributed by atoms with Gasteiger partial charge in [0.2, 0.25) is 0 Å². The fourth-order valence-electron chi connectivity index (χ4n) is 2.92. The summed E-state index contributed by atoms with van der Waals surface area (Å²) in [5, 5.41) is 10.1. The predicted molar refractivity (Wildman–Crippen MR) is 87.0 cm³/mol. The summed E-state index contributed by atoms with van der Waals surface area (Å²) < 4.78 is 7.04. The van der Waals surface area contributed by atoms with Crippen molar-refractivity contribution in [2.24, 2.45) is 7.05 Å². The van der Waals surface area contributed by atoms with Gasteiger partial charge in [-0.15, -0.1) is 0 Å². The molecule has 2 unspecified atom stereocenters. The van der Waals surface area contributed by atoms with Gasteiger partial charge in [0.05, 0.1) is 12.1 Å². The fraction of sp³-hybridized carbons (Fsp3) is 0.438. The Morgan fingerprint density at radius 1 is 1.39 bits per heavy atom. The number of nitrogens with one attached hydrogen (secondary N) is 2. The SMILES string of the molecule is COC1CCCC1NC(=O)Nc1cccc(-c2ncn(C)n2)c1. The minimum Gasteiger partial charge on any atom is -0.379 e. The summed E-state index contributed by atoms with van der Waals surface area (Å²) in [6.07, 6.45) is 4.76. The highest BCUT2D eigenvalue weighted by Crippen LogP contribution is 2.22. The molecule has 23 heavy (non-hydrogen) atoms. The Morgan fingerprint density at radius 2 is 2.26 bits per heavy atom. The molecule has 1 aromatic carbocycles. The van der Waals surface area contributed by atoms with Crippen LogP contribution in [0.3, 0.4) is 0 Å². The van der Waals surface area contributed by atoms with Gasteiger partial charge in [-0.3, -0.25) is 4.68 Å². The smallest absolute Gasteiger partial charge is 0.319 e. The maximum Gasteiger partial charge on any atom is 0.319 e. The third kappa shape index (κ3) is 3.68. The van der Waals surface area contributed by atoms with Crippen LogP contribution in [-0.2, 0) is 11.8 Å². The predicted octanol–water partition coefficient (Wildman–Crippen LogP) is 2.17. The molecule has 7 heteroatoms. The Bertz CT molecular complexity index is 685. The molecule has 2 atom stereocenters. The topological polar surface area (TPSA) is 81.1 Å². The molecular weight excluding hydrogens is 294 g/mol. The molecule has 3 rings (SSSR count). The second-order valence-electron chi connectivity index (χ2n) is 5.73. The third-order valence-electron chi connectivity index (χ3n) is 4.05. The molecule has 1 aliphatic rings. The van der Waals surface area contributed by atoms with Crippen LogP contribution in [0.25, 0.3) is 11.4 Å². The Hall–Kier alpha value is -2.41. The van der Waals surface area contributed by atoms with E-state index in [9.17, 15) is 4.79 Å². The number of methoxy groups -OCH3 is 1. The number of hydrogen-bond donors (Lipinski definition) is 2. The number of urea groups is 1. The first-order valence-corrected chi connectivity index (χ1v) is 7.72. The minimum absolute atomic E-state index is 0.0700. The van der Waals surface area contributed by atoms with Crippen LogP contribution in [0.2, 0.25) is 0 Å². The lowest BCUT2D eigenvalue weighted by molar-refractivity contribution is 0.0882. The van der Waals surface area contributed by atoms with Gasteiger partial charge in [0.1, 0.15) is 6.33 Å². The van der Waals surface area contributed by atoms with Crippen molar-refractivity contribution in [2.45, 2.75) is 31.4 Å². The lowest BCUT2D eigenvalue weighted by Gasteiger charge is -2.19. The summed E-state index contributed by atoms with van der Waals surface area (Å²) in [6.45, 7) is 0. The Morgan fingerprint density at radius 3 is 3.00 bits per heavy atom. The maximum atomic E-state index is 12.2. The van der Waals surface area contributed by atoms with E-state index in [1.54, 1.807) is 18.1 Å². The lowest BCUT2D eigenvalue weighted by Crippen LogP contribution is -2.42. The first kappa shape index (κ1) is 15.5. The summed E-state index contributed by atoms with van der Waals surface area (Å²) in [7, 11) is 3.51. The van der Waals surface area contributed by atoms with Crippen LogP contribution in [0, 0.1) is 0 Å². The van der Waals surface area contributed by atoms with Gasteiger partial charge in [-0.1, -0.05) is 12.1 Å². The normalized spacial score (nSPS) is 20.4. The summed E-state index contributed by atoms with van der Waals surface area (Å²) in [4.78, 5) is 16.4. The van der Waals surface area contributed by atoms with Crippen molar-refractivity contribution in [2.75, 3.05) is 12.4 Å². The van der Waals surface area contributed by atoms with Crippen LogP contribution < -0.4 is 10.6 Å². The first-order chi connectivity index (χ1) is 11.2. The highest BCUT2D eigenvalue weighted by atomic mass is 16.5. The molecule has 1 fully saturated rings. The number of carbonyl (C=O) groups excluding carboxylic acids is 1. The number of ether oxygens (including phenoxy) is 1. The van der Waals surface area contributed by atoms with E-state index >= 15 is 0 Å². The molecule has 7 nitrogen and oxygen atoms in total. The van der Waals surface area contributed by atoms with Crippen molar-refractivity contribution in [3.63, 3.8) is 0 Å². The zero-order chi connectivity index (χ0) is 16.2. The quantitative estimate of drug-likeness (QED) is 0.906. The molecule has 0 bridgehead atoms. The van der Waals surface area contributed by atoms with Gasteiger partial charge in [-0.2, -0.15) is 5.10 Å². The number of carbonyl (C=O) groups is 1. The summed E-state index contributed by atoms with van der Waals surface area (Å²) in [5.41, 5.74) is 1.57. The molecule has 0 spiro atoms. The number of rotatable bonds is 4. The second-order valence-corrected chi connectivity index (χ2v) is 5.73. The molecule has 0 radical (unpaired) electrons. The van der Waals surface area contributed by atoms with Gasteiger partial charge in [0.25, 0.3) is 0 Å². The number of benzene rings is 1. The van der Waals surface area contributed by atoms with E-state index < -0.39 is 0 Å². The van der Waals surface area contributed by atoms with Gasteiger partial charge in [-0.05, 0) is 31.4 Å². The molecule has 1 aromatic heterocycles. The maximum absolute atomic E-state index is 12.2. The molecule has 2 amide bonds. The summed E-state index contributed by atoms with van der Waals surface area (Å²) >= 11 is 0. The zero-order valence-electron chi connectivity index (χ0n) is 13.3. The van der Waals surface area contributed by atoms with E-state index in [-0.39, 0.29) is 18.2 Å². The minimum atomic E-state index is -0.218. The van der Waals surface area contributed by atoms with Crippen LogP contribution in [-0.4, -0.2) is 40.1 Å². The van der Waals surface area contributed by atoms with Crippen molar-refractivity contribution in [1.29, 1.82) is 0 Å². The van der Waals surface area contributed by atoms with E-state index in [0.29, 0.717) is 11.5 Å². The van der Waals surface area contributed by atoms with E-state index in [1.807, 2.05) is 31.3 Å². The molecule has 2 N–H and O–H groups in total. The van der Waals surface area contributed by atoms with Crippen molar-refractivity contribution >= 4 is 11.7 Å². The summed E-state index contributed by atoms with van der Waals surface area (Å²) in [6, 6.07) is 7.34. The van der Waals surface area contributed by atoms with Gasteiger partial charge >= 0.3 is 6.03 Å². The van der Waals surface area contributed by atoms with Crippen molar-refractivity contribution in [1.82, 2.24) is 20.1 Å². The number of hydrogen-bond acceptors (Lipinski definition) is 4. The van der Waals surface area contributed by atoms with Crippen molar-refractivity contribution in [3.8, 4) is 11.4 Å². The number of nitrogens with zero attached hydrogens (tertiary/aromatic N) is 3. The highest BCUT2D eigenvalue weighted by Gasteiger charge is 2.28. The van der Waals surface area contributed by atoms with Crippen molar-refractivity contribution in [3.05, 3.63) is 30.6 Å². The molecule has 1 saturated carbocycles. The Balaban J connectivity index is 1.64. The molecule has 1 aliphatic carbocycles. The fourth-order valence-corrected chi connectivity index (χ4v) is 2.92. The van der Waals surface area contributed by atoms with Gasteiger partial charge < -0.3 is 15.4 Å². The van der Waals surface area contributed by atoms with E-state index in [2.05, 4.69) is 20.7 Å². The third-order valence-corrected chi connectivity index (χ3v) is 4.05. The molecule has 0 saturated heterocycles. The largest absolute Gasteiger partial charge is 0.379 e. The highest BCUT2D eigenvalue weighted by molar-refractivity contribution is 5.90. The van der Waals surface area contributed by atoms with Crippen LogP contribution in [0.5, 0.6) is 0 Å². The number of aromatic nitrogens is 3. The Kier molecular flexibility index (Phi) is 4.57. The second kappa shape index (κ2) is 6.78. The molecule has 0 aliphatic heterocycles. The van der Waals surface area contributed by atoms with Crippen LogP contribution in [0.1, 0.15) is 19.3 Å².